The van der Waals surface area contributed by atoms with Crippen LogP contribution in [0, 0.1) is 6.92 Å². The van der Waals surface area contributed by atoms with Crippen LogP contribution in [0.1, 0.15) is 27.7 Å². The molecule has 122 valence electrons. The van der Waals surface area contributed by atoms with Gasteiger partial charge in [0.05, 0.1) is 15.6 Å². The van der Waals surface area contributed by atoms with E-state index in [1.54, 1.807) is 12.1 Å². The number of thiophene rings is 1. The van der Waals surface area contributed by atoms with E-state index >= 15 is 0 Å². The van der Waals surface area contributed by atoms with Crippen LogP contribution < -0.4 is 16.4 Å². The molecule has 3 amide bonds. The van der Waals surface area contributed by atoms with Crippen LogP contribution >= 0.6 is 34.5 Å². The van der Waals surface area contributed by atoms with Gasteiger partial charge in [-0.1, -0.05) is 30.1 Å². The van der Waals surface area contributed by atoms with E-state index in [1.807, 2.05) is 13.8 Å². The lowest BCUT2D eigenvalue weighted by Gasteiger charge is -2.08. The highest BCUT2D eigenvalue weighted by Crippen LogP contribution is 2.33. The standard InChI is InChI=1S/C15H15Cl2N3O2S/c1-3-9-7(2)23-14(12(9)13(18)21)20-15(22)19-8-4-5-10(16)11(17)6-8/h4-6H,3H2,1-2H3,(H2,18,21)(H2,19,20,22). The number of benzene rings is 1. The number of rotatable bonds is 4. The van der Waals surface area contributed by atoms with Gasteiger partial charge in [0.1, 0.15) is 5.00 Å². The van der Waals surface area contributed by atoms with Gasteiger partial charge in [0.15, 0.2) is 0 Å². The number of carbonyl (C=O) groups is 2. The molecule has 0 atom stereocenters. The SMILES string of the molecule is CCc1c(C)sc(NC(=O)Nc2ccc(Cl)c(Cl)c2)c1C(N)=O. The molecule has 8 heteroatoms. The number of nitrogens with one attached hydrogen (secondary N) is 2. The van der Waals surface area contributed by atoms with Crippen molar-refractivity contribution in [1.82, 2.24) is 0 Å². The number of carbonyl (C=O) groups excluding carboxylic acids is 2. The molecule has 0 radical (unpaired) electrons. The topological polar surface area (TPSA) is 84.2 Å². The molecule has 0 saturated heterocycles. The molecule has 0 aliphatic rings. The molecule has 4 N–H and O–H groups in total. The molecule has 2 rings (SSSR count). The Morgan fingerprint density at radius 2 is 1.91 bits per heavy atom. The van der Waals surface area contributed by atoms with E-state index in [0.29, 0.717) is 32.7 Å². The quantitative estimate of drug-likeness (QED) is 0.729. The van der Waals surface area contributed by atoms with E-state index in [2.05, 4.69) is 10.6 Å². The molecule has 2 aromatic rings. The summed E-state index contributed by atoms with van der Waals surface area (Å²) in [6.45, 7) is 3.82. The molecule has 5 nitrogen and oxygen atoms in total. The van der Waals surface area contributed by atoms with Crippen molar-refractivity contribution < 1.29 is 9.59 Å². The normalized spacial score (nSPS) is 10.4. The predicted molar refractivity (Wildman–Crippen MR) is 96.1 cm³/mol. The second-order valence-electron chi connectivity index (χ2n) is 4.77. The van der Waals surface area contributed by atoms with Gasteiger partial charge in [-0.2, -0.15) is 0 Å². The number of halogens is 2. The van der Waals surface area contributed by atoms with Gasteiger partial charge in [-0.25, -0.2) is 4.79 Å². The second kappa shape index (κ2) is 7.21. The molecule has 0 aliphatic heterocycles. The zero-order valence-corrected chi connectivity index (χ0v) is 14.8. The summed E-state index contributed by atoms with van der Waals surface area (Å²) in [4.78, 5) is 24.7. The van der Waals surface area contributed by atoms with Crippen LogP contribution in [0.3, 0.4) is 0 Å². The molecule has 0 aliphatic carbocycles. The first-order valence-corrected chi connectivity index (χ1v) is 8.35. The van der Waals surface area contributed by atoms with Gasteiger partial charge < -0.3 is 11.1 Å². The molecule has 0 fully saturated rings. The van der Waals surface area contributed by atoms with Crippen molar-refractivity contribution in [1.29, 1.82) is 0 Å². The maximum Gasteiger partial charge on any atom is 0.324 e. The van der Waals surface area contributed by atoms with Gasteiger partial charge in [0, 0.05) is 10.6 Å². The van der Waals surface area contributed by atoms with E-state index in [-0.39, 0.29) is 0 Å². The number of aryl methyl sites for hydroxylation is 1. The first-order valence-electron chi connectivity index (χ1n) is 6.78. The average molecular weight is 372 g/mol. The van der Waals surface area contributed by atoms with Gasteiger partial charge in [0.25, 0.3) is 5.91 Å². The molecule has 1 aromatic heterocycles. The van der Waals surface area contributed by atoms with Crippen molar-refractivity contribution in [3.63, 3.8) is 0 Å². The van der Waals surface area contributed by atoms with E-state index in [0.717, 1.165) is 10.4 Å². The fourth-order valence-electron chi connectivity index (χ4n) is 2.19. The van der Waals surface area contributed by atoms with E-state index < -0.39 is 11.9 Å². The molecule has 0 unspecified atom stereocenters. The van der Waals surface area contributed by atoms with Gasteiger partial charge in [-0.3, -0.25) is 10.1 Å². The fourth-order valence-corrected chi connectivity index (χ4v) is 3.64. The Morgan fingerprint density at radius 3 is 2.48 bits per heavy atom. The summed E-state index contributed by atoms with van der Waals surface area (Å²) in [6, 6.07) is 4.25. The fraction of sp³-hybridized carbons (Fsp3) is 0.200. The van der Waals surface area contributed by atoms with Crippen molar-refractivity contribution in [2.45, 2.75) is 20.3 Å². The van der Waals surface area contributed by atoms with Crippen LogP contribution in [0.4, 0.5) is 15.5 Å². The third-order valence-corrected chi connectivity index (χ3v) is 5.02. The lowest BCUT2D eigenvalue weighted by Crippen LogP contribution is -2.22. The van der Waals surface area contributed by atoms with Crippen molar-refractivity contribution >= 4 is 57.2 Å². The van der Waals surface area contributed by atoms with Gasteiger partial charge in [-0.05, 0) is 37.1 Å². The lowest BCUT2D eigenvalue weighted by atomic mass is 10.1. The summed E-state index contributed by atoms with van der Waals surface area (Å²) in [5.74, 6) is -0.559. The predicted octanol–water partition coefficient (Wildman–Crippen LogP) is 4.67. The van der Waals surface area contributed by atoms with Crippen LogP contribution in [0.25, 0.3) is 0 Å². The molecule has 1 heterocycles. The molecule has 0 spiro atoms. The van der Waals surface area contributed by atoms with Gasteiger partial charge >= 0.3 is 6.03 Å². The van der Waals surface area contributed by atoms with E-state index in [9.17, 15) is 9.59 Å². The summed E-state index contributed by atoms with van der Waals surface area (Å²) in [5, 5.41) is 6.46. The number of hydrogen-bond donors (Lipinski definition) is 3. The van der Waals surface area contributed by atoms with Crippen molar-refractivity contribution in [2.75, 3.05) is 10.6 Å². The first kappa shape index (κ1) is 17.6. The highest BCUT2D eigenvalue weighted by Gasteiger charge is 2.20. The minimum absolute atomic E-state index is 0.336. The molecule has 0 bridgehead atoms. The first-order chi connectivity index (χ1) is 10.8. The monoisotopic (exact) mass is 371 g/mol. The molecular weight excluding hydrogens is 357 g/mol. The zero-order valence-electron chi connectivity index (χ0n) is 12.5. The number of amides is 3. The number of urea groups is 1. The zero-order chi connectivity index (χ0) is 17.1. The highest BCUT2D eigenvalue weighted by molar-refractivity contribution is 7.16. The van der Waals surface area contributed by atoms with Crippen molar-refractivity contribution in [3.8, 4) is 0 Å². The molecule has 23 heavy (non-hydrogen) atoms. The average Bonchev–Trinajstić information content (AvgIpc) is 2.78. The van der Waals surface area contributed by atoms with E-state index in [4.69, 9.17) is 28.9 Å². The van der Waals surface area contributed by atoms with Crippen LogP contribution in [-0.4, -0.2) is 11.9 Å². The van der Waals surface area contributed by atoms with E-state index in [1.165, 1.54) is 17.4 Å². The Balaban J connectivity index is 2.20. The van der Waals surface area contributed by atoms with Gasteiger partial charge in [-0.15, -0.1) is 11.3 Å². The summed E-state index contributed by atoms with van der Waals surface area (Å²) >= 11 is 13.1. The lowest BCUT2D eigenvalue weighted by molar-refractivity contribution is 0.100. The largest absolute Gasteiger partial charge is 0.365 e. The van der Waals surface area contributed by atoms with Crippen LogP contribution in [0.2, 0.25) is 10.0 Å². The Kier molecular flexibility index (Phi) is 5.51. The summed E-state index contributed by atoms with van der Waals surface area (Å²) in [6.07, 6.45) is 0.663. The van der Waals surface area contributed by atoms with Gasteiger partial charge in [0.2, 0.25) is 0 Å². The second-order valence-corrected chi connectivity index (χ2v) is 6.81. The number of primary amides is 1. The molecular formula is C15H15Cl2N3O2S. The van der Waals surface area contributed by atoms with Crippen LogP contribution in [0.5, 0.6) is 0 Å². The Bertz CT molecular complexity index is 774. The smallest absolute Gasteiger partial charge is 0.324 e. The Labute approximate surface area is 147 Å². The third kappa shape index (κ3) is 3.96. The van der Waals surface area contributed by atoms with Crippen LogP contribution in [0.15, 0.2) is 18.2 Å². The Hall–Kier alpha value is -1.76. The minimum Gasteiger partial charge on any atom is -0.365 e. The highest BCUT2D eigenvalue weighted by atomic mass is 35.5. The number of anilines is 2. The minimum atomic E-state index is -0.559. The number of nitrogens with two attached hydrogens (primary N) is 1. The maximum atomic E-state index is 12.1. The number of hydrogen-bond acceptors (Lipinski definition) is 3. The third-order valence-electron chi connectivity index (χ3n) is 3.21. The summed E-state index contributed by atoms with van der Waals surface area (Å²) in [7, 11) is 0. The van der Waals surface area contributed by atoms with Crippen molar-refractivity contribution in [3.05, 3.63) is 44.2 Å². The molecule has 0 saturated carbocycles. The maximum absolute atomic E-state index is 12.1. The van der Waals surface area contributed by atoms with Crippen LogP contribution in [-0.2, 0) is 6.42 Å². The molecule has 1 aromatic carbocycles. The summed E-state index contributed by atoms with van der Waals surface area (Å²) < 4.78 is 0. The Morgan fingerprint density at radius 1 is 1.22 bits per heavy atom. The summed E-state index contributed by atoms with van der Waals surface area (Å²) in [5.41, 5.74) is 7.13. The van der Waals surface area contributed by atoms with Crippen molar-refractivity contribution in [2.24, 2.45) is 5.73 Å².